The topological polar surface area (TPSA) is 58.4 Å². The van der Waals surface area contributed by atoms with Crippen molar-refractivity contribution in [3.8, 4) is 22.5 Å². The highest BCUT2D eigenvalue weighted by molar-refractivity contribution is 7.12. The highest BCUT2D eigenvalue weighted by atomic mass is 32.1. The minimum absolute atomic E-state index is 0.865. The molecule has 5 heterocycles. The Hall–Kier alpha value is -2.77. The Labute approximate surface area is 167 Å². The SMILES string of the molecule is Cc1cc(-c2nc3ccc(N4CCNCC4)nn3c2-c2ccncc2)c(C)s1. The van der Waals surface area contributed by atoms with Crippen molar-refractivity contribution in [1.82, 2.24) is 24.9 Å². The Morgan fingerprint density at radius 3 is 2.54 bits per heavy atom. The van der Waals surface area contributed by atoms with Crippen LogP contribution >= 0.6 is 11.3 Å². The zero-order valence-electron chi connectivity index (χ0n) is 16.0. The Bertz CT molecular complexity index is 1120. The molecule has 1 N–H and O–H groups in total. The van der Waals surface area contributed by atoms with E-state index in [0.717, 1.165) is 54.6 Å². The van der Waals surface area contributed by atoms with Gasteiger partial charge in [-0.05, 0) is 44.2 Å². The monoisotopic (exact) mass is 390 g/mol. The van der Waals surface area contributed by atoms with Gasteiger partial charge < -0.3 is 10.2 Å². The molecule has 7 heteroatoms. The van der Waals surface area contributed by atoms with E-state index in [1.54, 1.807) is 11.3 Å². The molecule has 6 nitrogen and oxygen atoms in total. The van der Waals surface area contributed by atoms with Crippen LogP contribution in [0.2, 0.25) is 0 Å². The fourth-order valence-electron chi connectivity index (χ4n) is 3.81. The van der Waals surface area contributed by atoms with Crippen LogP contribution in [0.4, 0.5) is 5.82 Å². The molecule has 1 aliphatic rings. The fraction of sp³-hybridized carbons (Fsp3) is 0.286. The van der Waals surface area contributed by atoms with Crippen LogP contribution in [0.3, 0.4) is 0 Å². The lowest BCUT2D eigenvalue weighted by Gasteiger charge is -2.28. The van der Waals surface area contributed by atoms with Gasteiger partial charge in [-0.25, -0.2) is 9.50 Å². The first-order valence-electron chi connectivity index (χ1n) is 9.54. The molecule has 1 saturated heterocycles. The Balaban J connectivity index is 1.74. The second-order valence-corrected chi connectivity index (χ2v) is 8.53. The summed E-state index contributed by atoms with van der Waals surface area (Å²) in [6.45, 7) is 8.21. The molecular weight excluding hydrogens is 368 g/mol. The van der Waals surface area contributed by atoms with Crippen molar-refractivity contribution in [3.05, 3.63) is 52.5 Å². The van der Waals surface area contributed by atoms with E-state index >= 15 is 0 Å². The number of rotatable bonds is 3. The third kappa shape index (κ3) is 2.96. The summed E-state index contributed by atoms with van der Waals surface area (Å²) < 4.78 is 1.99. The van der Waals surface area contributed by atoms with Crippen molar-refractivity contribution in [3.63, 3.8) is 0 Å². The zero-order chi connectivity index (χ0) is 19.1. The number of imidazole rings is 1. The number of aryl methyl sites for hydroxylation is 2. The smallest absolute Gasteiger partial charge is 0.155 e. The van der Waals surface area contributed by atoms with Gasteiger partial charge in [0.2, 0.25) is 0 Å². The van der Waals surface area contributed by atoms with E-state index in [4.69, 9.17) is 10.1 Å². The van der Waals surface area contributed by atoms with Gasteiger partial charge in [0.15, 0.2) is 5.65 Å². The van der Waals surface area contributed by atoms with E-state index in [9.17, 15) is 0 Å². The number of hydrogen-bond acceptors (Lipinski definition) is 6. The molecule has 0 unspecified atom stereocenters. The quantitative estimate of drug-likeness (QED) is 0.580. The summed E-state index contributed by atoms with van der Waals surface area (Å²) in [5.74, 6) is 0.992. The first-order valence-corrected chi connectivity index (χ1v) is 10.4. The van der Waals surface area contributed by atoms with Crippen LogP contribution in [0.15, 0.2) is 42.7 Å². The van der Waals surface area contributed by atoms with Crippen molar-refractivity contribution in [2.24, 2.45) is 0 Å². The van der Waals surface area contributed by atoms with Crippen LogP contribution < -0.4 is 10.2 Å². The second kappa shape index (κ2) is 7.00. The van der Waals surface area contributed by atoms with Crippen molar-refractivity contribution >= 4 is 22.8 Å². The number of piperazine rings is 1. The van der Waals surface area contributed by atoms with Gasteiger partial charge in [-0.2, -0.15) is 0 Å². The Morgan fingerprint density at radius 2 is 1.82 bits per heavy atom. The third-order valence-corrected chi connectivity index (χ3v) is 6.12. The highest BCUT2D eigenvalue weighted by Gasteiger charge is 2.21. The predicted molar refractivity (Wildman–Crippen MR) is 114 cm³/mol. The summed E-state index contributed by atoms with van der Waals surface area (Å²) in [6.07, 6.45) is 3.65. The minimum Gasteiger partial charge on any atom is -0.353 e. The molecule has 4 aromatic heterocycles. The fourth-order valence-corrected chi connectivity index (χ4v) is 4.73. The molecule has 0 saturated carbocycles. The predicted octanol–water partition coefficient (Wildman–Crippen LogP) is 3.55. The van der Waals surface area contributed by atoms with Crippen LogP contribution in [-0.2, 0) is 0 Å². The molecule has 0 aliphatic carbocycles. The van der Waals surface area contributed by atoms with E-state index in [0.29, 0.717) is 0 Å². The number of nitrogens with zero attached hydrogens (tertiary/aromatic N) is 5. The summed E-state index contributed by atoms with van der Waals surface area (Å²) in [7, 11) is 0. The van der Waals surface area contributed by atoms with E-state index in [-0.39, 0.29) is 0 Å². The largest absolute Gasteiger partial charge is 0.353 e. The van der Waals surface area contributed by atoms with Crippen LogP contribution in [0.1, 0.15) is 9.75 Å². The van der Waals surface area contributed by atoms with Crippen LogP contribution in [0.5, 0.6) is 0 Å². The lowest BCUT2D eigenvalue weighted by molar-refractivity contribution is 0.582. The van der Waals surface area contributed by atoms with Crippen molar-refractivity contribution in [2.75, 3.05) is 31.1 Å². The maximum Gasteiger partial charge on any atom is 0.155 e. The van der Waals surface area contributed by atoms with Gasteiger partial charge in [0.05, 0.1) is 0 Å². The molecule has 1 aliphatic heterocycles. The normalized spacial score (nSPS) is 14.7. The van der Waals surface area contributed by atoms with Crippen molar-refractivity contribution in [1.29, 1.82) is 0 Å². The summed E-state index contributed by atoms with van der Waals surface area (Å²) in [5, 5.41) is 8.39. The van der Waals surface area contributed by atoms with Gasteiger partial charge >= 0.3 is 0 Å². The van der Waals surface area contributed by atoms with Gasteiger partial charge in [0.25, 0.3) is 0 Å². The Morgan fingerprint density at radius 1 is 1.04 bits per heavy atom. The summed E-state index contributed by atoms with van der Waals surface area (Å²) in [4.78, 5) is 14.1. The van der Waals surface area contributed by atoms with Gasteiger partial charge in [0, 0.05) is 59.5 Å². The number of anilines is 1. The molecule has 1 fully saturated rings. The first-order chi connectivity index (χ1) is 13.7. The summed E-state index contributed by atoms with van der Waals surface area (Å²) in [6, 6.07) is 10.4. The first kappa shape index (κ1) is 17.3. The molecule has 142 valence electrons. The number of fused-ring (bicyclic) bond motifs is 1. The lowest BCUT2D eigenvalue weighted by atomic mass is 10.1. The molecule has 0 amide bonds. The molecule has 0 radical (unpaired) electrons. The third-order valence-electron chi connectivity index (χ3n) is 5.15. The van der Waals surface area contributed by atoms with E-state index in [1.165, 1.54) is 15.3 Å². The van der Waals surface area contributed by atoms with Crippen molar-refractivity contribution < 1.29 is 0 Å². The average Bonchev–Trinajstić information content (AvgIpc) is 3.27. The van der Waals surface area contributed by atoms with Gasteiger partial charge in [-0.3, -0.25) is 4.98 Å². The van der Waals surface area contributed by atoms with Crippen LogP contribution in [-0.4, -0.2) is 45.8 Å². The Kier molecular flexibility index (Phi) is 4.33. The second-order valence-electron chi connectivity index (χ2n) is 7.07. The maximum atomic E-state index is 4.99. The zero-order valence-corrected chi connectivity index (χ0v) is 16.8. The summed E-state index contributed by atoms with van der Waals surface area (Å²) >= 11 is 1.81. The molecule has 4 aromatic rings. The molecule has 0 bridgehead atoms. The van der Waals surface area contributed by atoms with Crippen LogP contribution in [0.25, 0.3) is 28.2 Å². The van der Waals surface area contributed by atoms with E-state index in [2.05, 4.69) is 47.2 Å². The van der Waals surface area contributed by atoms with Crippen LogP contribution in [0, 0.1) is 13.8 Å². The highest BCUT2D eigenvalue weighted by Crippen LogP contribution is 2.37. The average molecular weight is 391 g/mol. The standard InChI is InChI=1S/C21H22N6S/c1-14-13-17(15(2)28-14)20-21(16-5-7-22-8-6-16)27-18(24-20)3-4-19(25-27)26-11-9-23-10-12-26/h3-8,13,23H,9-12H2,1-2H3. The molecule has 5 rings (SSSR count). The number of pyridine rings is 1. The van der Waals surface area contributed by atoms with E-state index in [1.807, 2.05) is 29.0 Å². The number of thiophene rings is 1. The molecular formula is C21H22N6S. The maximum absolute atomic E-state index is 4.99. The molecule has 0 atom stereocenters. The number of aromatic nitrogens is 4. The molecule has 0 spiro atoms. The number of nitrogens with one attached hydrogen (secondary N) is 1. The van der Waals surface area contributed by atoms with Crippen molar-refractivity contribution in [2.45, 2.75) is 13.8 Å². The molecule has 28 heavy (non-hydrogen) atoms. The van der Waals surface area contributed by atoms with E-state index < -0.39 is 0 Å². The lowest BCUT2D eigenvalue weighted by Crippen LogP contribution is -2.44. The summed E-state index contributed by atoms with van der Waals surface area (Å²) in [5.41, 5.74) is 5.13. The number of hydrogen-bond donors (Lipinski definition) is 1. The van der Waals surface area contributed by atoms with Gasteiger partial charge in [-0.15, -0.1) is 16.4 Å². The van der Waals surface area contributed by atoms with Gasteiger partial charge in [-0.1, -0.05) is 0 Å². The molecule has 0 aromatic carbocycles. The minimum atomic E-state index is 0.865. The van der Waals surface area contributed by atoms with Gasteiger partial charge in [0.1, 0.15) is 17.2 Å².